The zero-order chi connectivity index (χ0) is 17.9. The Balaban J connectivity index is 2.17. The molecule has 0 unspecified atom stereocenters. The number of carbonyl (C=O) groups excluding carboxylic acids is 2. The molecule has 1 heterocycles. The number of hydrogen-bond acceptors (Lipinski definition) is 2. The van der Waals surface area contributed by atoms with Gasteiger partial charge in [-0.1, -0.05) is 19.9 Å². The molecule has 0 atom stereocenters. The second-order valence-electron chi connectivity index (χ2n) is 6.55. The van der Waals surface area contributed by atoms with Crippen LogP contribution in [-0.2, 0) is 9.59 Å². The van der Waals surface area contributed by atoms with Gasteiger partial charge in [-0.2, -0.15) is 0 Å². The van der Waals surface area contributed by atoms with E-state index in [0.29, 0.717) is 31.7 Å². The first-order valence-corrected chi connectivity index (χ1v) is 8.32. The van der Waals surface area contributed by atoms with E-state index in [1.165, 1.54) is 6.07 Å². The third kappa shape index (κ3) is 4.22. The van der Waals surface area contributed by atoms with Crippen LogP contribution in [0.25, 0.3) is 5.57 Å². The number of hydrogen-bond donors (Lipinski definition) is 0. The van der Waals surface area contributed by atoms with Gasteiger partial charge in [-0.3, -0.25) is 9.59 Å². The molecular formula is C19H25FN2O2. The van der Waals surface area contributed by atoms with Gasteiger partial charge in [0.15, 0.2) is 0 Å². The fraction of sp³-hybridized carbons (Fsp3) is 0.474. The Kier molecular flexibility index (Phi) is 5.75. The first-order chi connectivity index (χ1) is 11.3. The average Bonchev–Trinajstić information content (AvgIpc) is 2.55. The van der Waals surface area contributed by atoms with Gasteiger partial charge in [-0.25, -0.2) is 4.39 Å². The molecule has 2 amide bonds. The predicted octanol–water partition coefficient (Wildman–Crippen LogP) is 2.86. The number of amides is 2. The summed E-state index contributed by atoms with van der Waals surface area (Å²) in [7, 11) is 0. The number of carbonyl (C=O) groups is 2. The van der Waals surface area contributed by atoms with Gasteiger partial charge in [0.05, 0.1) is 0 Å². The van der Waals surface area contributed by atoms with Crippen molar-refractivity contribution < 1.29 is 14.0 Å². The predicted molar refractivity (Wildman–Crippen MR) is 92.8 cm³/mol. The maximum atomic E-state index is 13.5. The van der Waals surface area contributed by atoms with Crippen molar-refractivity contribution in [3.8, 4) is 0 Å². The van der Waals surface area contributed by atoms with Crippen molar-refractivity contribution >= 4 is 17.4 Å². The largest absolute Gasteiger partial charge is 0.339 e. The summed E-state index contributed by atoms with van der Waals surface area (Å²) in [5, 5.41) is 0. The van der Waals surface area contributed by atoms with Gasteiger partial charge >= 0.3 is 0 Å². The minimum absolute atomic E-state index is 0.0438. The van der Waals surface area contributed by atoms with Crippen molar-refractivity contribution in [3.63, 3.8) is 0 Å². The molecule has 1 saturated heterocycles. The minimum atomic E-state index is -0.242. The second kappa shape index (κ2) is 7.60. The molecule has 2 rings (SSSR count). The monoisotopic (exact) mass is 332 g/mol. The molecule has 1 fully saturated rings. The van der Waals surface area contributed by atoms with E-state index in [0.717, 1.165) is 11.1 Å². The van der Waals surface area contributed by atoms with Crippen LogP contribution >= 0.6 is 0 Å². The van der Waals surface area contributed by atoms with Crippen LogP contribution in [0.5, 0.6) is 0 Å². The third-order valence-corrected chi connectivity index (χ3v) is 4.43. The maximum Gasteiger partial charge on any atom is 0.246 e. The molecule has 4 nitrogen and oxygen atoms in total. The summed E-state index contributed by atoms with van der Waals surface area (Å²) >= 11 is 0. The van der Waals surface area contributed by atoms with E-state index in [-0.39, 0.29) is 23.5 Å². The Morgan fingerprint density at radius 3 is 2.21 bits per heavy atom. The Morgan fingerprint density at radius 2 is 1.71 bits per heavy atom. The van der Waals surface area contributed by atoms with Gasteiger partial charge in [0, 0.05) is 39.2 Å². The molecule has 130 valence electrons. The Bertz CT molecular complexity index is 659. The van der Waals surface area contributed by atoms with Crippen molar-refractivity contribution in [2.24, 2.45) is 5.92 Å². The van der Waals surface area contributed by atoms with Gasteiger partial charge < -0.3 is 9.80 Å². The summed E-state index contributed by atoms with van der Waals surface area (Å²) in [5.74, 6) is -0.1000. The molecule has 0 N–H and O–H groups in total. The van der Waals surface area contributed by atoms with Crippen LogP contribution in [0.3, 0.4) is 0 Å². The maximum absolute atomic E-state index is 13.5. The van der Waals surface area contributed by atoms with Gasteiger partial charge in [-0.05, 0) is 41.7 Å². The van der Waals surface area contributed by atoms with Gasteiger partial charge in [0.25, 0.3) is 0 Å². The summed E-state index contributed by atoms with van der Waals surface area (Å²) in [6.45, 7) is 9.54. The summed E-state index contributed by atoms with van der Waals surface area (Å²) in [6, 6.07) is 4.94. The normalized spacial score (nSPS) is 15.8. The van der Waals surface area contributed by atoms with E-state index in [2.05, 4.69) is 0 Å². The number of benzene rings is 1. The van der Waals surface area contributed by atoms with E-state index in [9.17, 15) is 14.0 Å². The van der Waals surface area contributed by atoms with Crippen LogP contribution in [0, 0.1) is 18.7 Å². The highest BCUT2D eigenvalue weighted by Gasteiger charge is 2.22. The zero-order valence-electron chi connectivity index (χ0n) is 14.8. The zero-order valence-corrected chi connectivity index (χ0v) is 14.8. The fourth-order valence-electron chi connectivity index (χ4n) is 2.87. The molecule has 1 aromatic carbocycles. The number of allylic oxidation sites excluding steroid dienone is 1. The molecule has 0 spiro atoms. The van der Waals surface area contributed by atoms with Crippen molar-refractivity contribution in [2.75, 3.05) is 26.2 Å². The van der Waals surface area contributed by atoms with Crippen molar-refractivity contribution in [3.05, 3.63) is 41.2 Å². The lowest BCUT2D eigenvalue weighted by Crippen LogP contribution is -2.49. The first kappa shape index (κ1) is 18.2. The van der Waals surface area contributed by atoms with Gasteiger partial charge in [-0.15, -0.1) is 0 Å². The average molecular weight is 332 g/mol. The summed E-state index contributed by atoms with van der Waals surface area (Å²) < 4.78 is 13.5. The van der Waals surface area contributed by atoms with Gasteiger partial charge in [0.1, 0.15) is 5.82 Å². The van der Waals surface area contributed by atoms with E-state index >= 15 is 0 Å². The van der Waals surface area contributed by atoms with Crippen LogP contribution in [-0.4, -0.2) is 47.8 Å². The number of nitrogens with zero attached hydrogens (tertiary/aromatic N) is 2. The van der Waals surface area contributed by atoms with Crippen LogP contribution < -0.4 is 0 Å². The molecule has 5 heteroatoms. The second-order valence-corrected chi connectivity index (χ2v) is 6.55. The molecule has 0 saturated carbocycles. The minimum Gasteiger partial charge on any atom is -0.339 e. The van der Waals surface area contributed by atoms with Crippen LogP contribution in [0.15, 0.2) is 24.3 Å². The SMILES string of the molecule is CC(=O)N1CCN(C(=O)/C=C(/c2ccc(F)c(C)c2)C(C)C)CC1. The standard InChI is InChI=1S/C19H25FN2O2/c1-13(2)17(16-5-6-18(20)14(3)11-16)12-19(24)22-9-7-21(8-10-22)15(4)23/h5-6,11-13H,7-10H2,1-4H3/b17-12+. The molecule has 1 aliphatic heterocycles. The number of piperazine rings is 1. The third-order valence-electron chi connectivity index (χ3n) is 4.43. The Labute approximate surface area is 142 Å². The molecule has 0 aromatic heterocycles. The highest BCUT2D eigenvalue weighted by molar-refractivity contribution is 5.95. The highest BCUT2D eigenvalue weighted by Crippen LogP contribution is 2.25. The summed E-state index contributed by atoms with van der Waals surface area (Å²) in [4.78, 5) is 27.5. The fourth-order valence-corrected chi connectivity index (χ4v) is 2.87. The lowest BCUT2D eigenvalue weighted by molar-refractivity contribution is -0.135. The Morgan fingerprint density at radius 1 is 1.12 bits per heavy atom. The lowest BCUT2D eigenvalue weighted by atomic mass is 9.93. The summed E-state index contributed by atoms with van der Waals surface area (Å²) in [5.41, 5.74) is 2.35. The van der Waals surface area contributed by atoms with Crippen molar-refractivity contribution in [1.29, 1.82) is 0 Å². The van der Waals surface area contributed by atoms with Crippen LogP contribution in [0.1, 0.15) is 31.9 Å². The van der Waals surface area contributed by atoms with Crippen molar-refractivity contribution in [2.45, 2.75) is 27.7 Å². The lowest BCUT2D eigenvalue weighted by Gasteiger charge is -2.33. The smallest absolute Gasteiger partial charge is 0.246 e. The molecule has 1 aliphatic rings. The first-order valence-electron chi connectivity index (χ1n) is 8.32. The number of halogens is 1. The van der Waals surface area contributed by atoms with E-state index < -0.39 is 0 Å². The molecule has 1 aromatic rings. The number of aryl methyl sites for hydroxylation is 1. The quantitative estimate of drug-likeness (QED) is 0.799. The molecule has 0 bridgehead atoms. The van der Waals surface area contributed by atoms with Crippen LogP contribution in [0.4, 0.5) is 4.39 Å². The highest BCUT2D eigenvalue weighted by atomic mass is 19.1. The van der Waals surface area contributed by atoms with E-state index in [1.54, 1.807) is 41.9 Å². The van der Waals surface area contributed by atoms with Crippen molar-refractivity contribution in [1.82, 2.24) is 9.80 Å². The van der Waals surface area contributed by atoms with Crippen LogP contribution in [0.2, 0.25) is 0 Å². The van der Waals surface area contributed by atoms with E-state index in [1.807, 2.05) is 13.8 Å². The van der Waals surface area contributed by atoms with Gasteiger partial charge in [0.2, 0.25) is 11.8 Å². The number of rotatable bonds is 3. The topological polar surface area (TPSA) is 40.6 Å². The molecule has 0 radical (unpaired) electrons. The Hall–Kier alpha value is -2.17. The molecule has 24 heavy (non-hydrogen) atoms. The molecule has 0 aliphatic carbocycles. The summed E-state index contributed by atoms with van der Waals surface area (Å²) in [6.07, 6.45) is 1.65. The molecular weight excluding hydrogens is 307 g/mol. The van der Waals surface area contributed by atoms with E-state index in [4.69, 9.17) is 0 Å².